The summed E-state index contributed by atoms with van der Waals surface area (Å²) in [5, 5.41) is 0. The fourth-order valence-electron chi connectivity index (χ4n) is 0.705. The molecule has 0 spiro atoms. The van der Waals surface area contributed by atoms with E-state index in [1.165, 1.54) is 12.2 Å². The number of hydrazine groups is 2. The van der Waals surface area contributed by atoms with Gasteiger partial charge in [0.15, 0.2) is 0 Å². The van der Waals surface area contributed by atoms with Crippen LogP contribution in [-0.4, -0.2) is 36.4 Å². The van der Waals surface area contributed by atoms with Gasteiger partial charge in [0.2, 0.25) is 0 Å². The number of hydrogen-bond donors (Lipinski definition) is 4. The molecule has 2 amide bonds. The normalized spacial score (nSPS) is 9.56. The van der Waals surface area contributed by atoms with E-state index < -0.39 is 0 Å². The highest BCUT2D eigenvalue weighted by molar-refractivity contribution is 8.76. The lowest BCUT2D eigenvalue weighted by atomic mass is 10.6. The van der Waals surface area contributed by atoms with Crippen molar-refractivity contribution in [3.05, 3.63) is 25.3 Å². The van der Waals surface area contributed by atoms with Crippen molar-refractivity contribution in [3.63, 3.8) is 0 Å². The average Bonchev–Trinajstić information content (AvgIpc) is 2.40. The molecule has 0 bridgehead atoms. The first-order valence-corrected chi connectivity index (χ1v) is 7.74. The van der Waals surface area contributed by atoms with E-state index in [1.54, 1.807) is 21.6 Å². The van der Waals surface area contributed by atoms with Crippen LogP contribution in [0.3, 0.4) is 0 Å². The monoisotopic (exact) mass is 290 g/mol. The lowest BCUT2D eigenvalue weighted by molar-refractivity contribution is -0.118. The van der Waals surface area contributed by atoms with Crippen LogP contribution in [0.1, 0.15) is 0 Å². The van der Waals surface area contributed by atoms with E-state index in [2.05, 4.69) is 34.9 Å². The van der Waals surface area contributed by atoms with Gasteiger partial charge in [0, 0.05) is 24.6 Å². The van der Waals surface area contributed by atoms with Crippen molar-refractivity contribution in [2.24, 2.45) is 0 Å². The molecule has 0 aromatic rings. The zero-order valence-electron chi connectivity index (χ0n) is 10.0. The van der Waals surface area contributed by atoms with Crippen molar-refractivity contribution in [2.45, 2.75) is 0 Å². The zero-order chi connectivity index (χ0) is 13.6. The Bertz CT molecular complexity index is 259. The predicted molar refractivity (Wildman–Crippen MR) is 77.6 cm³/mol. The SMILES string of the molecule is C=CC(=O)NNCCSSCCNNC(=O)C=C. The Labute approximate surface area is 115 Å². The number of amides is 2. The summed E-state index contributed by atoms with van der Waals surface area (Å²) in [6.07, 6.45) is 2.41. The first kappa shape index (κ1) is 17.0. The molecule has 0 aliphatic carbocycles. The third kappa shape index (κ3) is 11.5. The highest BCUT2D eigenvalue weighted by Gasteiger charge is 1.94. The molecule has 0 aliphatic rings. The van der Waals surface area contributed by atoms with Gasteiger partial charge in [-0.1, -0.05) is 34.7 Å². The van der Waals surface area contributed by atoms with Gasteiger partial charge >= 0.3 is 0 Å². The number of carbonyl (C=O) groups excluding carboxylic acids is 2. The third-order valence-electron chi connectivity index (χ3n) is 1.50. The minimum absolute atomic E-state index is 0.241. The number of hydrogen-bond acceptors (Lipinski definition) is 6. The summed E-state index contributed by atoms with van der Waals surface area (Å²) in [7, 11) is 3.36. The van der Waals surface area contributed by atoms with Crippen LogP contribution in [0.15, 0.2) is 25.3 Å². The van der Waals surface area contributed by atoms with E-state index in [9.17, 15) is 9.59 Å². The molecule has 0 aromatic heterocycles. The fourth-order valence-corrected chi connectivity index (χ4v) is 2.52. The molecule has 0 heterocycles. The van der Waals surface area contributed by atoms with Gasteiger partial charge in [0.1, 0.15) is 0 Å². The summed E-state index contributed by atoms with van der Waals surface area (Å²) in [6, 6.07) is 0. The Hall–Kier alpha value is -0.960. The van der Waals surface area contributed by atoms with Crippen molar-refractivity contribution >= 4 is 33.4 Å². The van der Waals surface area contributed by atoms with Gasteiger partial charge < -0.3 is 0 Å². The van der Waals surface area contributed by atoms with Gasteiger partial charge in [-0.25, -0.2) is 10.9 Å². The molecular weight excluding hydrogens is 272 g/mol. The largest absolute Gasteiger partial charge is 0.288 e. The first-order chi connectivity index (χ1) is 8.70. The van der Waals surface area contributed by atoms with Gasteiger partial charge in [-0.15, -0.1) is 0 Å². The topological polar surface area (TPSA) is 82.3 Å². The standard InChI is InChI=1S/C10H18N4O2S2/c1-3-9(15)13-11-5-7-17-18-8-6-12-14-10(16)4-2/h3-4,11-12H,1-2,5-8H2,(H,13,15)(H,14,16). The van der Waals surface area contributed by atoms with Crippen LogP contribution >= 0.6 is 21.6 Å². The van der Waals surface area contributed by atoms with E-state index in [1.807, 2.05) is 0 Å². The van der Waals surface area contributed by atoms with Gasteiger partial charge in [-0.2, -0.15) is 0 Å². The van der Waals surface area contributed by atoms with Crippen LogP contribution < -0.4 is 21.7 Å². The summed E-state index contributed by atoms with van der Waals surface area (Å²) < 4.78 is 0. The Balaban J connectivity index is 3.12. The van der Waals surface area contributed by atoms with Crippen molar-refractivity contribution in [1.82, 2.24) is 21.7 Å². The summed E-state index contributed by atoms with van der Waals surface area (Å²) in [5.74, 6) is 1.24. The van der Waals surface area contributed by atoms with E-state index >= 15 is 0 Å². The van der Waals surface area contributed by atoms with E-state index in [0.29, 0.717) is 13.1 Å². The first-order valence-electron chi connectivity index (χ1n) is 5.25. The fraction of sp³-hybridized carbons (Fsp3) is 0.400. The van der Waals surface area contributed by atoms with Crippen LogP contribution in [0.2, 0.25) is 0 Å². The maximum absolute atomic E-state index is 10.7. The number of rotatable bonds is 11. The highest BCUT2D eigenvalue weighted by atomic mass is 33.1. The summed E-state index contributed by atoms with van der Waals surface area (Å²) in [6.45, 7) is 8.02. The van der Waals surface area contributed by atoms with Crippen molar-refractivity contribution in [2.75, 3.05) is 24.6 Å². The van der Waals surface area contributed by atoms with Gasteiger partial charge in [-0.3, -0.25) is 20.4 Å². The molecule has 0 aliphatic heterocycles. The molecule has 0 fully saturated rings. The number of carbonyl (C=O) groups is 2. The molecule has 8 heteroatoms. The van der Waals surface area contributed by atoms with Crippen LogP contribution in [0.5, 0.6) is 0 Å². The van der Waals surface area contributed by atoms with Gasteiger partial charge in [-0.05, 0) is 12.2 Å². The minimum atomic E-state index is -0.241. The second kappa shape index (κ2) is 12.5. The minimum Gasteiger partial charge on any atom is -0.288 e. The van der Waals surface area contributed by atoms with Crippen LogP contribution in [0, 0.1) is 0 Å². The average molecular weight is 290 g/mol. The van der Waals surface area contributed by atoms with Crippen molar-refractivity contribution in [1.29, 1.82) is 0 Å². The molecule has 0 aromatic carbocycles. The smallest absolute Gasteiger partial charge is 0.257 e. The summed E-state index contributed by atoms with van der Waals surface area (Å²) in [5.41, 5.74) is 10.5. The van der Waals surface area contributed by atoms with Gasteiger partial charge in [0.25, 0.3) is 11.8 Å². The predicted octanol–water partition coefficient (Wildman–Crippen LogP) is -0.0186. The van der Waals surface area contributed by atoms with E-state index in [-0.39, 0.29) is 11.8 Å². The Morgan fingerprint density at radius 1 is 0.889 bits per heavy atom. The Kier molecular flexibility index (Phi) is 11.8. The maximum atomic E-state index is 10.7. The second-order valence-electron chi connectivity index (χ2n) is 2.88. The maximum Gasteiger partial charge on any atom is 0.257 e. The lowest BCUT2D eigenvalue weighted by Gasteiger charge is -2.05. The number of nitrogens with one attached hydrogen (secondary N) is 4. The molecule has 4 N–H and O–H groups in total. The van der Waals surface area contributed by atoms with Crippen LogP contribution in [-0.2, 0) is 9.59 Å². The van der Waals surface area contributed by atoms with E-state index in [0.717, 1.165) is 11.5 Å². The quantitative estimate of drug-likeness (QED) is 0.185. The van der Waals surface area contributed by atoms with Crippen LogP contribution in [0.25, 0.3) is 0 Å². The summed E-state index contributed by atoms with van der Waals surface area (Å²) in [4.78, 5) is 21.5. The molecule has 0 saturated heterocycles. The molecule has 6 nitrogen and oxygen atoms in total. The van der Waals surface area contributed by atoms with Crippen molar-refractivity contribution < 1.29 is 9.59 Å². The molecule has 0 rings (SSSR count). The lowest BCUT2D eigenvalue weighted by Crippen LogP contribution is -2.37. The highest BCUT2D eigenvalue weighted by Crippen LogP contribution is 2.18. The van der Waals surface area contributed by atoms with Crippen LogP contribution in [0.4, 0.5) is 0 Å². The zero-order valence-corrected chi connectivity index (χ0v) is 11.7. The second-order valence-corrected chi connectivity index (χ2v) is 5.59. The molecule has 0 radical (unpaired) electrons. The third-order valence-corrected chi connectivity index (χ3v) is 3.91. The summed E-state index contributed by atoms with van der Waals surface area (Å²) >= 11 is 0. The molecular formula is C10H18N4O2S2. The molecule has 18 heavy (non-hydrogen) atoms. The molecule has 0 unspecified atom stereocenters. The Morgan fingerprint density at radius 2 is 1.28 bits per heavy atom. The Morgan fingerprint density at radius 3 is 1.61 bits per heavy atom. The molecule has 102 valence electrons. The molecule has 0 atom stereocenters. The van der Waals surface area contributed by atoms with Crippen molar-refractivity contribution in [3.8, 4) is 0 Å². The van der Waals surface area contributed by atoms with Gasteiger partial charge in [0.05, 0.1) is 0 Å². The van der Waals surface area contributed by atoms with E-state index in [4.69, 9.17) is 0 Å². The molecule has 0 saturated carbocycles.